The van der Waals surface area contributed by atoms with Crippen LogP contribution in [0.5, 0.6) is 0 Å². The Labute approximate surface area is 76.5 Å². The van der Waals surface area contributed by atoms with Gasteiger partial charge >= 0.3 is 12.4 Å². The van der Waals surface area contributed by atoms with Crippen molar-refractivity contribution < 1.29 is 26.3 Å². The summed E-state index contributed by atoms with van der Waals surface area (Å²) in [4.78, 5) is 0. The summed E-state index contributed by atoms with van der Waals surface area (Å²) < 4.78 is 71.4. The van der Waals surface area contributed by atoms with Gasteiger partial charge in [0.1, 0.15) is 5.54 Å². The van der Waals surface area contributed by atoms with E-state index in [1.54, 1.807) is 0 Å². The zero-order chi connectivity index (χ0) is 11.0. The third-order valence-electron chi connectivity index (χ3n) is 2.16. The Morgan fingerprint density at radius 1 is 1.00 bits per heavy atom. The first-order chi connectivity index (χ1) is 6.16. The second kappa shape index (κ2) is 3.29. The summed E-state index contributed by atoms with van der Waals surface area (Å²) in [7, 11) is 0. The lowest BCUT2D eigenvalue weighted by atomic mass is 10.2. The molecular weight excluding hydrogens is 212 g/mol. The highest BCUT2D eigenvalue weighted by Crippen LogP contribution is 2.48. The summed E-state index contributed by atoms with van der Waals surface area (Å²) >= 11 is 0. The lowest BCUT2D eigenvalue weighted by Gasteiger charge is -2.20. The average molecular weight is 221 g/mol. The van der Waals surface area contributed by atoms with Gasteiger partial charge in [-0.2, -0.15) is 26.3 Å². The minimum absolute atomic E-state index is 0.131. The van der Waals surface area contributed by atoms with Crippen LogP contribution in [0.1, 0.15) is 19.3 Å². The van der Waals surface area contributed by atoms with Crippen LogP contribution in [0, 0.1) is 0 Å². The van der Waals surface area contributed by atoms with E-state index in [0.29, 0.717) is 0 Å². The highest BCUT2D eigenvalue weighted by Gasteiger charge is 2.63. The summed E-state index contributed by atoms with van der Waals surface area (Å²) in [6.07, 6.45) is -10.3. The number of hydrogen-bond acceptors (Lipinski definition) is 1. The normalized spacial score (nSPS) is 21.0. The molecule has 1 rings (SSSR count). The van der Waals surface area contributed by atoms with Crippen molar-refractivity contribution in [3.8, 4) is 0 Å². The average Bonchev–Trinajstić information content (AvgIpc) is 2.63. The molecule has 1 N–H and O–H groups in total. The summed E-state index contributed by atoms with van der Waals surface area (Å²) in [6.45, 7) is -0.678. The molecule has 14 heavy (non-hydrogen) atoms. The first kappa shape index (κ1) is 11.6. The monoisotopic (exact) mass is 221 g/mol. The number of halogens is 6. The minimum atomic E-state index is -4.45. The molecule has 0 aromatic heterocycles. The fourth-order valence-corrected chi connectivity index (χ4v) is 1.13. The van der Waals surface area contributed by atoms with E-state index in [2.05, 4.69) is 0 Å². The molecule has 0 bridgehead atoms. The molecule has 1 fully saturated rings. The van der Waals surface area contributed by atoms with Crippen LogP contribution in [0.25, 0.3) is 0 Å². The predicted molar refractivity (Wildman–Crippen MR) is 36.7 cm³/mol. The first-order valence-electron chi connectivity index (χ1n) is 4.05. The van der Waals surface area contributed by atoms with Gasteiger partial charge in [-0.3, -0.25) is 0 Å². The van der Waals surface area contributed by atoms with Crippen LogP contribution >= 0.6 is 0 Å². The van der Waals surface area contributed by atoms with Gasteiger partial charge in [0.25, 0.3) is 0 Å². The van der Waals surface area contributed by atoms with Gasteiger partial charge in [0.2, 0.25) is 0 Å². The minimum Gasteiger partial charge on any atom is -0.303 e. The number of alkyl halides is 6. The van der Waals surface area contributed by atoms with Crippen molar-refractivity contribution in [1.29, 1.82) is 0 Å². The van der Waals surface area contributed by atoms with Gasteiger partial charge in [0, 0.05) is 6.54 Å². The van der Waals surface area contributed by atoms with Crippen LogP contribution in [0.15, 0.2) is 0 Å². The molecule has 0 heterocycles. The molecule has 0 spiro atoms. The third kappa shape index (κ3) is 2.76. The molecule has 0 atom stereocenters. The molecule has 1 aliphatic rings. The van der Waals surface area contributed by atoms with E-state index in [-0.39, 0.29) is 12.8 Å². The summed E-state index contributed by atoms with van der Waals surface area (Å²) in [5.74, 6) is 0. The zero-order valence-corrected chi connectivity index (χ0v) is 7.10. The van der Waals surface area contributed by atoms with Gasteiger partial charge in [-0.25, -0.2) is 0 Å². The van der Waals surface area contributed by atoms with E-state index in [1.807, 2.05) is 5.32 Å². The maximum Gasteiger partial charge on any atom is 0.406 e. The summed E-state index contributed by atoms with van der Waals surface area (Å²) in [5.41, 5.74) is -2.04. The van der Waals surface area contributed by atoms with Gasteiger partial charge < -0.3 is 5.32 Å². The second-order valence-electron chi connectivity index (χ2n) is 3.37. The Hall–Kier alpha value is -0.460. The Morgan fingerprint density at radius 2 is 1.50 bits per heavy atom. The fraction of sp³-hybridized carbons (Fsp3) is 1.00. The van der Waals surface area contributed by atoms with Crippen LogP contribution in [0.2, 0.25) is 0 Å². The van der Waals surface area contributed by atoms with Crippen LogP contribution < -0.4 is 5.32 Å². The number of rotatable bonds is 3. The van der Waals surface area contributed by atoms with Crippen molar-refractivity contribution in [2.75, 3.05) is 6.54 Å². The van der Waals surface area contributed by atoms with Gasteiger partial charge in [-0.15, -0.1) is 0 Å². The molecule has 0 amide bonds. The quantitative estimate of drug-likeness (QED) is 0.722. The van der Waals surface area contributed by atoms with Crippen molar-refractivity contribution in [3.05, 3.63) is 0 Å². The smallest absolute Gasteiger partial charge is 0.303 e. The van der Waals surface area contributed by atoms with E-state index >= 15 is 0 Å². The van der Waals surface area contributed by atoms with Crippen molar-refractivity contribution in [2.24, 2.45) is 0 Å². The molecule has 7 heteroatoms. The maximum absolute atomic E-state index is 12.2. The van der Waals surface area contributed by atoms with Gasteiger partial charge in [0.05, 0.1) is 6.42 Å². The topological polar surface area (TPSA) is 12.0 Å². The Morgan fingerprint density at radius 3 is 1.79 bits per heavy atom. The molecule has 0 unspecified atom stereocenters. The van der Waals surface area contributed by atoms with E-state index in [1.165, 1.54) is 0 Å². The molecular formula is C7H9F6N. The highest BCUT2D eigenvalue weighted by atomic mass is 19.4. The van der Waals surface area contributed by atoms with Gasteiger partial charge in [-0.1, -0.05) is 0 Å². The van der Waals surface area contributed by atoms with Crippen molar-refractivity contribution >= 4 is 0 Å². The third-order valence-corrected chi connectivity index (χ3v) is 2.16. The fourth-order valence-electron chi connectivity index (χ4n) is 1.13. The highest BCUT2D eigenvalue weighted by molar-refractivity contribution is 5.07. The van der Waals surface area contributed by atoms with E-state index < -0.39 is 30.9 Å². The summed E-state index contributed by atoms with van der Waals surface area (Å²) in [5, 5.41) is 1.92. The summed E-state index contributed by atoms with van der Waals surface area (Å²) in [6, 6.07) is 0. The Kier molecular flexibility index (Phi) is 2.73. The lowest BCUT2D eigenvalue weighted by molar-refractivity contribution is -0.170. The van der Waals surface area contributed by atoms with E-state index in [4.69, 9.17) is 0 Å². The molecule has 0 aliphatic heterocycles. The molecule has 1 aliphatic carbocycles. The maximum atomic E-state index is 12.2. The molecule has 0 saturated heterocycles. The van der Waals surface area contributed by atoms with Crippen LogP contribution in [0.3, 0.4) is 0 Å². The molecule has 0 radical (unpaired) electrons. The number of hydrogen-bond donors (Lipinski definition) is 1. The molecule has 1 nitrogen and oxygen atoms in total. The first-order valence-corrected chi connectivity index (χ1v) is 4.05. The van der Waals surface area contributed by atoms with Crippen LogP contribution in [-0.2, 0) is 0 Å². The molecule has 1 saturated carbocycles. The van der Waals surface area contributed by atoms with E-state index in [9.17, 15) is 26.3 Å². The molecule has 0 aromatic carbocycles. The van der Waals surface area contributed by atoms with Crippen LogP contribution in [0.4, 0.5) is 26.3 Å². The Bertz CT molecular complexity index is 201. The predicted octanol–water partition coefficient (Wildman–Crippen LogP) is 2.62. The lowest BCUT2D eigenvalue weighted by Crippen LogP contribution is -2.45. The van der Waals surface area contributed by atoms with Crippen molar-refractivity contribution in [2.45, 2.75) is 37.2 Å². The van der Waals surface area contributed by atoms with Crippen molar-refractivity contribution in [1.82, 2.24) is 5.32 Å². The zero-order valence-electron chi connectivity index (χ0n) is 7.10. The van der Waals surface area contributed by atoms with Gasteiger partial charge in [-0.05, 0) is 12.8 Å². The molecule has 0 aromatic rings. The standard InChI is InChI=1S/C7H9F6N/c8-6(9,10)3-4-14-5(1-2-5)7(11,12)13/h14H,1-4H2. The SMILES string of the molecule is FC(F)(F)CCNC1(C(F)(F)F)CC1. The number of nitrogens with one attached hydrogen (secondary N) is 1. The molecule has 84 valence electrons. The van der Waals surface area contributed by atoms with E-state index in [0.717, 1.165) is 0 Å². The van der Waals surface area contributed by atoms with Crippen LogP contribution in [-0.4, -0.2) is 24.4 Å². The van der Waals surface area contributed by atoms with Gasteiger partial charge in [0.15, 0.2) is 0 Å². The largest absolute Gasteiger partial charge is 0.406 e. The van der Waals surface area contributed by atoms with Crippen molar-refractivity contribution in [3.63, 3.8) is 0 Å². The Balaban J connectivity index is 2.32. The second-order valence-corrected chi connectivity index (χ2v) is 3.37.